The molecule has 0 aliphatic carbocycles. The molecule has 34 nitrogen and oxygen atoms in total. The van der Waals surface area contributed by atoms with Crippen LogP contribution in [0.1, 0.15) is 73.9 Å². The summed E-state index contributed by atoms with van der Waals surface area (Å²) in [7, 11) is 0.425. The molecular weight excluding hydrogens is 1630 g/mol. The summed E-state index contributed by atoms with van der Waals surface area (Å²) < 4.78 is 56.8. The molecule has 121 heavy (non-hydrogen) atoms. The summed E-state index contributed by atoms with van der Waals surface area (Å²) in [6, 6.07) is 25.1. The van der Waals surface area contributed by atoms with E-state index in [1.54, 1.807) is 93.9 Å². The van der Waals surface area contributed by atoms with Gasteiger partial charge in [-0.3, -0.25) is 47.9 Å². The van der Waals surface area contributed by atoms with E-state index in [9.17, 15) is 76.9 Å². The number of nitrogens with one attached hydrogen (secondary N) is 5. The molecule has 2 aliphatic rings. The number of nitrogens with zero attached hydrogens (tertiary/aromatic N) is 8. The number of carbonyl (C=O) groups is 10. The lowest BCUT2D eigenvalue weighted by molar-refractivity contribution is -0.926. The zero-order chi connectivity index (χ0) is 87.2. The standard InChI is InChI=1S/C83H95ClFN14O20PS/c1-49(2)72(94-66(101)30-39-116-40-36-98-67(102)27-28-68(98)103)77(105)93-60(15-11-31-88-83(86)111)76(104)92-56-24-21-53(54(43-56)45-96(4)80(106)73(82(109)110)95-65(100)18-12-42-120(112,113)114)46-99(5)37-33-97(34-38-99)35-41-117-63-26-25-58(50(3)71(63)84)69-70-78(89-48-90-79(70)121-74(69)51-19-22-55(85)23-20-51)119-64(81(107)108)44-52-13-7-9-16-61(52)118-47-57-29-32-87-75(91-57)59-14-8-10-17-62(59)115-6/h7-10,13-14,16-17,19-29,32,43,48-49,60,64,72-73H,11-12,15,18,30-31,33-42,44-47H2,1-6H3,(H10-,86,88,92,93,94,95,100,101,104,105,107,108,109,110,111,112,113,114)/p+1/t60-,64+,72-,73+/m0/s1. The molecule has 5 aromatic carbocycles. The minimum absolute atomic E-state index is 0.0169. The number of aliphatic carboxylic acids is 2. The zero-order valence-corrected chi connectivity index (χ0v) is 69.8. The van der Waals surface area contributed by atoms with Crippen LogP contribution in [0.25, 0.3) is 43.2 Å². The number of fused-ring (bicyclic) bond motifs is 1. The first-order valence-electron chi connectivity index (χ1n) is 38.8. The number of ether oxygens (including phenoxy) is 5. The van der Waals surface area contributed by atoms with Crippen molar-refractivity contribution >= 4 is 106 Å². The van der Waals surface area contributed by atoms with E-state index in [0.717, 1.165) is 22.0 Å². The lowest BCUT2D eigenvalue weighted by Gasteiger charge is -2.42. The molecule has 11 N–H and O–H groups in total. The molecule has 0 radical (unpaired) electrons. The Kier molecular flexibility index (Phi) is 32.0. The largest absolute Gasteiger partial charge is 0.496 e. The number of rotatable bonds is 43. The number of amides is 9. The van der Waals surface area contributed by atoms with Gasteiger partial charge < -0.3 is 85.4 Å². The summed E-state index contributed by atoms with van der Waals surface area (Å²) >= 11 is 8.57. The van der Waals surface area contributed by atoms with Crippen molar-refractivity contribution < 1.29 is 105 Å². The van der Waals surface area contributed by atoms with Crippen molar-refractivity contribution in [2.75, 3.05) is 98.3 Å². The van der Waals surface area contributed by atoms with Crippen LogP contribution in [0, 0.1) is 18.7 Å². The lowest BCUT2D eigenvalue weighted by atomic mass is 9.96. The molecule has 10 rings (SSSR count). The predicted octanol–water partition coefficient (Wildman–Crippen LogP) is 7.42. The minimum Gasteiger partial charge on any atom is -0.496 e. The van der Waals surface area contributed by atoms with Crippen LogP contribution in [0.2, 0.25) is 5.02 Å². The number of primary amides is 1. The number of urea groups is 1. The topological polar surface area (TPSA) is 462 Å². The third kappa shape index (κ3) is 25.4. The average molecular weight is 1730 g/mol. The highest BCUT2D eigenvalue weighted by Gasteiger charge is 2.36. The number of thiophene rings is 1. The maximum atomic E-state index is 14.6. The predicted molar refractivity (Wildman–Crippen MR) is 444 cm³/mol. The third-order valence-electron chi connectivity index (χ3n) is 20.3. The second-order valence-corrected chi connectivity index (χ2v) is 32.7. The van der Waals surface area contributed by atoms with Crippen molar-refractivity contribution in [2.45, 2.75) is 103 Å². The number of benzene rings is 5. The Labute approximate surface area is 705 Å². The minimum atomic E-state index is -4.50. The van der Waals surface area contributed by atoms with Crippen LogP contribution in [0.4, 0.5) is 14.9 Å². The van der Waals surface area contributed by atoms with Gasteiger partial charge in [-0.2, -0.15) is 0 Å². The monoisotopic (exact) mass is 1730 g/mol. The number of halogens is 2. The zero-order valence-electron chi connectivity index (χ0n) is 67.3. The molecule has 8 aromatic rings. The number of aromatic nitrogens is 4. The molecule has 0 spiro atoms. The molecule has 38 heteroatoms. The van der Waals surface area contributed by atoms with Crippen molar-refractivity contribution in [3.8, 4) is 56.1 Å². The van der Waals surface area contributed by atoms with E-state index < -0.39 is 115 Å². The van der Waals surface area contributed by atoms with Crippen LogP contribution in [0.15, 0.2) is 134 Å². The van der Waals surface area contributed by atoms with E-state index in [1.165, 1.54) is 36.8 Å². The summed E-state index contributed by atoms with van der Waals surface area (Å²) in [6.07, 6.45) is 1.97. The Balaban J connectivity index is 0.827. The van der Waals surface area contributed by atoms with Crippen LogP contribution in [-0.4, -0.2) is 236 Å². The number of carbonyl (C=O) groups excluding carboxylic acids is 8. The molecule has 1 saturated heterocycles. The first-order valence-corrected chi connectivity index (χ1v) is 41.8. The van der Waals surface area contributed by atoms with Gasteiger partial charge in [-0.05, 0) is 115 Å². The fourth-order valence-electron chi connectivity index (χ4n) is 13.7. The first kappa shape index (κ1) is 91.4. The number of hydrogen-bond acceptors (Lipinski definition) is 22. The van der Waals surface area contributed by atoms with Crippen molar-refractivity contribution in [3.05, 3.63) is 173 Å². The molecule has 0 saturated carbocycles. The molecule has 0 unspecified atom stereocenters. The summed E-state index contributed by atoms with van der Waals surface area (Å²) in [5, 5.41) is 34.7. The maximum Gasteiger partial charge on any atom is 0.345 e. The van der Waals surface area contributed by atoms with Gasteiger partial charge in [-0.15, -0.1) is 11.3 Å². The van der Waals surface area contributed by atoms with Gasteiger partial charge in [0.25, 0.3) is 17.7 Å². The number of likely N-dealkylation sites (N-methyl/N-ethyl adjacent to an activating group) is 2. The molecule has 5 heterocycles. The first-order chi connectivity index (χ1) is 57.7. The van der Waals surface area contributed by atoms with E-state index in [0.29, 0.717) is 132 Å². The van der Waals surface area contributed by atoms with Crippen LogP contribution >= 0.6 is 30.5 Å². The number of nitrogens with two attached hydrogens (primary N) is 1. The highest BCUT2D eigenvalue weighted by Crippen LogP contribution is 2.50. The second-order valence-electron chi connectivity index (χ2n) is 29.6. The van der Waals surface area contributed by atoms with Crippen molar-refractivity contribution in [1.29, 1.82) is 0 Å². The normalized spacial score (nSPS) is 14.3. The Morgan fingerprint density at radius 1 is 0.769 bits per heavy atom. The fraction of sp³-hybridized carbons (Fsp3) is 0.373. The van der Waals surface area contributed by atoms with Crippen LogP contribution in [-0.2, 0) is 78.6 Å². The molecular formula is C83H96ClFN14O20PS+. The van der Waals surface area contributed by atoms with Crippen LogP contribution < -0.4 is 51.3 Å². The maximum absolute atomic E-state index is 14.6. The summed E-state index contributed by atoms with van der Waals surface area (Å²) in [5.41, 5.74) is 10.8. The van der Waals surface area contributed by atoms with Gasteiger partial charge in [0.05, 0.1) is 74.8 Å². The van der Waals surface area contributed by atoms with E-state index >= 15 is 0 Å². The number of quaternary nitrogens is 1. The number of methoxy groups -OCH3 is 1. The number of anilines is 1. The van der Waals surface area contributed by atoms with E-state index in [-0.39, 0.29) is 94.8 Å². The number of carboxylic acid groups (broad SMARTS) is 2. The Morgan fingerprint density at radius 2 is 1.48 bits per heavy atom. The third-order valence-corrected chi connectivity index (χ3v) is 22.8. The fourth-order valence-corrected chi connectivity index (χ4v) is 15.6. The summed E-state index contributed by atoms with van der Waals surface area (Å²) in [6.45, 7) is 8.09. The molecule has 9 amide bonds. The smallest absolute Gasteiger partial charge is 0.345 e. The molecule has 2 aliphatic heterocycles. The highest BCUT2D eigenvalue weighted by molar-refractivity contribution is 7.51. The van der Waals surface area contributed by atoms with Crippen LogP contribution in [0.5, 0.6) is 23.1 Å². The number of imide groups is 1. The SMILES string of the molecule is COc1ccccc1-c1nccc(COc2ccccc2C[C@@H](Oc2ncnc3sc(-c4ccc(F)cc4)c(-c4ccc(OCCN5CC[N+](C)(Cc6ccc(NC(=O)[C@H](CCCNC(N)=O)NC(=O)[C@@H](NC(=O)CCOCCN7C(=O)C=CC7=O)C(C)C)cc6CN(C)C(=O)[C@@H](NC(=O)CCCP(=O)(O)O)C(=O)O)CC5)c(Cl)c4C)c23)C(=O)O)n1. The van der Waals surface area contributed by atoms with E-state index in [2.05, 4.69) is 46.4 Å². The van der Waals surface area contributed by atoms with Gasteiger partial charge in [-0.25, -0.2) is 38.7 Å². The van der Waals surface area contributed by atoms with E-state index in [1.807, 2.05) is 44.3 Å². The van der Waals surface area contributed by atoms with Gasteiger partial charge >= 0.3 is 25.6 Å². The Hall–Kier alpha value is -11.9. The van der Waals surface area contributed by atoms with Crippen LogP contribution in [0.3, 0.4) is 0 Å². The number of carboxylic acids is 2. The summed E-state index contributed by atoms with van der Waals surface area (Å²) in [5.74, 6) is -7.19. The highest BCUT2D eigenvalue weighted by atomic mass is 35.5. The van der Waals surface area contributed by atoms with Crippen molar-refractivity contribution in [2.24, 2.45) is 11.7 Å². The Bertz CT molecular complexity index is 5190. The second kappa shape index (κ2) is 42.4. The van der Waals surface area contributed by atoms with Crippen molar-refractivity contribution in [3.63, 3.8) is 0 Å². The average Bonchev–Trinajstić information content (AvgIpc) is 1.59. The molecule has 3 aromatic heterocycles. The van der Waals surface area contributed by atoms with Gasteiger partial charge in [0, 0.05) is 99.1 Å². The van der Waals surface area contributed by atoms with Gasteiger partial charge in [0.15, 0.2) is 5.82 Å². The molecule has 1 fully saturated rings. The lowest BCUT2D eigenvalue weighted by Crippen LogP contribution is -2.57. The molecule has 4 atom stereocenters. The van der Waals surface area contributed by atoms with Gasteiger partial charge in [0.2, 0.25) is 41.7 Å². The number of hydrogen-bond donors (Lipinski definition) is 10. The number of piperazine rings is 1. The van der Waals surface area contributed by atoms with Gasteiger partial charge in [0.1, 0.15) is 66.1 Å². The van der Waals surface area contributed by atoms with E-state index in [4.69, 9.17) is 46.0 Å². The number of para-hydroxylation sites is 2. The summed E-state index contributed by atoms with van der Waals surface area (Å²) in [4.78, 5) is 173. The van der Waals surface area contributed by atoms with Gasteiger partial charge in [-0.1, -0.05) is 80.0 Å². The quantitative estimate of drug-likeness (QED) is 0.00584. The Morgan fingerprint density at radius 3 is 2.17 bits per heavy atom. The molecule has 0 bridgehead atoms. The molecule has 642 valence electrons. The van der Waals surface area contributed by atoms with Crippen molar-refractivity contribution in [1.82, 2.24) is 55.9 Å².